The molecule has 0 bridgehead atoms. The molecule has 5 heteroatoms. The zero-order chi connectivity index (χ0) is 14.1. The predicted molar refractivity (Wildman–Crippen MR) is 76.5 cm³/mol. The van der Waals surface area contributed by atoms with Gasteiger partial charge in [-0.2, -0.15) is 0 Å². The summed E-state index contributed by atoms with van der Waals surface area (Å²) in [6.07, 6.45) is 4.86. The zero-order valence-corrected chi connectivity index (χ0v) is 12.0. The fourth-order valence-corrected chi connectivity index (χ4v) is 3.45. The van der Waals surface area contributed by atoms with Gasteiger partial charge in [0.2, 0.25) is 0 Å². The number of carbonyl (C=O) groups excluding carboxylic acids is 1. The molecule has 1 aromatic heterocycles. The second-order valence-electron chi connectivity index (χ2n) is 5.90. The molecule has 0 spiro atoms. The first-order valence-electron chi connectivity index (χ1n) is 7.49. The van der Waals surface area contributed by atoms with Gasteiger partial charge in [0.05, 0.1) is 6.10 Å². The Bertz CT molecular complexity index is 477. The highest BCUT2D eigenvalue weighted by molar-refractivity contribution is 5.92. The number of amides is 1. The monoisotopic (exact) mass is 277 g/mol. The van der Waals surface area contributed by atoms with Gasteiger partial charge in [0.25, 0.3) is 5.91 Å². The second kappa shape index (κ2) is 5.58. The summed E-state index contributed by atoms with van der Waals surface area (Å²) >= 11 is 0. The van der Waals surface area contributed by atoms with Crippen molar-refractivity contribution in [1.29, 1.82) is 0 Å². The van der Waals surface area contributed by atoms with Crippen molar-refractivity contribution in [2.75, 3.05) is 26.2 Å². The number of aryl methyl sites for hydroxylation is 1. The van der Waals surface area contributed by atoms with Crippen molar-refractivity contribution in [3.8, 4) is 0 Å². The summed E-state index contributed by atoms with van der Waals surface area (Å²) < 4.78 is 1.87. The first-order valence-corrected chi connectivity index (χ1v) is 7.49. The van der Waals surface area contributed by atoms with E-state index in [-0.39, 0.29) is 12.0 Å². The number of nitrogens with zero attached hydrogens (tertiary/aromatic N) is 3. The van der Waals surface area contributed by atoms with E-state index < -0.39 is 0 Å². The van der Waals surface area contributed by atoms with E-state index in [9.17, 15) is 9.90 Å². The number of carbonyl (C=O) groups is 1. The lowest BCUT2D eigenvalue weighted by molar-refractivity contribution is 0.0311. The molecule has 20 heavy (non-hydrogen) atoms. The molecule has 1 amide bonds. The molecule has 2 atom stereocenters. The Labute approximate surface area is 119 Å². The van der Waals surface area contributed by atoms with Crippen LogP contribution in [0.1, 0.15) is 29.8 Å². The highest BCUT2D eigenvalue weighted by Gasteiger charge is 2.33. The fraction of sp³-hybridized carbons (Fsp3) is 0.667. The van der Waals surface area contributed by atoms with Crippen LogP contribution in [0.15, 0.2) is 18.3 Å². The van der Waals surface area contributed by atoms with Crippen molar-refractivity contribution >= 4 is 5.91 Å². The third-order valence-corrected chi connectivity index (χ3v) is 4.68. The average Bonchev–Trinajstić information content (AvgIpc) is 3.07. The van der Waals surface area contributed by atoms with Crippen LogP contribution >= 0.6 is 0 Å². The van der Waals surface area contributed by atoms with E-state index in [2.05, 4.69) is 4.90 Å². The molecule has 1 saturated heterocycles. The summed E-state index contributed by atoms with van der Waals surface area (Å²) in [5.74, 6) is 0.115. The van der Waals surface area contributed by atoms with Crippen LogP contribution in [0.2, 0.25) is 0 Å². The number of piperazine rings is 1. The van der Waals surface area contributed by atoms with Gasteiger partial charge in [0, 0.05) is 45.5 Å². The number of aliphatic hydroxyl groups is 1. The van der Waals surface area contributed by atoms with Gasteiger partial charge in [0.1, 0.15) is 5.69 Å². The Balaban J connectivity index is 1.58. The molecule has 2 aliphatic rings. The van der Waals surface area contributed by atoms with Crippen molar-refractivity contribution in [1.82, 2.24) is 14.4 Å². The second-order valence-corrected chi connectivity index (χ2v) is 5.90. The van der Waals surface area contributed by atoms with Crippen LogP contribution in [-0.2, 0) is 7.05 Å². The molecule has 1 saturated carbocycles. The summed E-state index contributed by atoms with van der Waals surface area (Å²) in [6.45, 7) is 3.26. The Kier molecular flexibility index (Phi) is 3.81. The molecule has 1 N–H and O–H groups in total. The van der Waals surface area contributed by atoms with Gasteiger partial charge in [0.15, 0.2) is 0 Å². The molecule has 2 fully saturated rings. The maximum Gasteiger partial charge on any atom is 0.270 e. The van der Waals surface area contributed by atoms with Crippen LogP contribution in [0.4, 0.5) is 0 Å². The maximum absolute atomic E-state index is 12.4. The van der Waals surface area contributed by atoms with Crippen LogP contribution in [0, 0.1) is 0 Å². The SMILES string of the molecule is Cn1cccc1C(=O)N1CCN([C@@H]2CCC[C@H]2O)CC1. The van der Waals surface area contributed by atoms with Crippen molar-refractivity contribution in [2.45, 2.75) is 31.4 Å². The summed E-state index contributed by atoms with van der Waals surface area (Å²) in [5, 5.41) is 9.98. The van der Waals surface area contributed by atoms with E-state index in [1.165, 1.54) is 0 Å². The number of hydrogen-bond acceptors (Lipinski definition) is 3. The molecule has 0 radical (unpaired) electrons. The molecule has 1 aliphatic heterocycles. The van der Waals surface area contributed by atoms with Crippen molar-refractivity contribution in [2.24, 2.45) is 7.05 Å². The van der Waals surface area contributed by atoms with E-state index in [1.807, 2.05) is 34.8 Å². The molecule has 3 rings (SSSR count). The zero-order valence-electron chi connectivity index (χ0n) is 12.0. The van der Waals surface area contributed by atoms with Gasteiger partial charge in [-0.05, 0) is 31.4 Å². The Morgan fingerprint density at radius 3 is 2.55 bits per heavy atom. The highest BCUT2D eigenvalue weighted by Crippen LogP contribution is 2.25. The van der Waals surface area contributed by atoms with Crippen LogP contribution in [0.3, 0.4) is 0 Å². The predicted octanol–water partition coefficient (Wildman–Crippen LogP) is 0.696. The summed E-state index contributed by atoms with van der Waals surface area (Å²) in [6, 6.07) is 4.08. The molecule has 1 aromatic rings. The van der Waals surface area contributed by atoms with Gasteiger partial charge in [-0.1, -0.05) is 0 Å². The third-order valence-electron chi connectivity index (χ3n) is 4.68. The smallest absolute Gasteiger partial charge is 0.270 e. The molecular formula is C15H23N3O2. The first-order chi connectivity index (χ1) is 9.66. The van der Waals surface area contributed by atoms with Crippen molar-refractivity contribution in [3.63, 3.8) is 0 Å². The van der Waals surface area contributed by atoms with E-state index >= 15 is 0 Å². The molecule has 2 heterocycles. The lowest BCUT2D eigenvalue weighted by Crippen LogP contribution is -2.53. The minimum Gasteiger partial charge on any atom is -0.391 e. The topological polar surface area (TPSA) is 48.7 Å². The van der Waals surface area contributed by atoms with Gasteiger partial charge >= 0.3 is 0 Å². The quantitative estimate of drug-likeness (QED) is 0.865. The minimum absolute atomic E-state index is 0.115. The standard InChI is InChI=1S/C15H23N3O2/c1-16-7-3-5-13(16)15(20)18-10-8-17(9-11-18)12-4-2-6-14(12)19/h3,5,7,12,14,19H,2,4,6,8-11H2,1H3/t12-,14-/m1/s1. The van der Waals surface area contributed by atoms with E-state index in [0.717, 1.165) is 51.1 Å². The average molecular weight is 277 g/mol. The van der Waals surface area contributed by atoms with Crippen molar-refractivity contribution < 1.29 is 9.90 Å². The minimum atomic E-state index is -0.176. The molecule has 5 nitrogen and oxygen atoms in total. The first kappa shape index (κ1) is 13.6. The van der Waals surface area contributed by atoms with Gasteiger partial charge in [-0.15, -0.1) is 0 Å². The van der Waals surface area contributed by atoms with Gasteiger partial charge in [-0.3, -0.25) is 9.69 Å². The van der Waals surface area contributed by atoms with E-state index in [0.29, 0.717) is 6.04 Å². The molecule has 1 aliphatic carbocycles. The van der Waals surface area contributed by atoms with Crippen LogP contribution in [-0.4, -0.2) is 63.7 Å². The number of aromatic nitrogens is 1. The maximum atomic E-state index is 12.4. The summed E-state index contributed by atoms with van der Waals surface area (Å²) in [4.78, 5) is 16.7. The van der Waals surface area contributed by atoms with Crippen LogP contribution < -0.4 is 0 Å². The lowest BCUT2D eigenvalue weighted by atomic mass is 10.1. The third kappa shape index (κ3) is 2.47. The summed E-state index contributed by atoms with van der Waals surface area (Å²) in [7, 11) is 1.90. The van der Waals surface area contributed by atoms with E-state index in [1.54, 1.807) is 0 Å². The lowest BCUT2D eigenvalue weighted by Gasteiger charge is -2.39. The normalized spacial score (nSPS) is 28.0. The van der Waals surface area contributed by atoms with Gasteiger partial charge in [-0.25, -0.2) is 0 Å². The Morgan fingerprint density at radius 2 is 2.00 bits per heavy atom. The summed E-state index contributed by atoms with van der Waals surface area (Å²) in [5.41, 5.74) is 0.749. The number of rotatable bonds is 2. The molecule has 110 valence electrons. The van der Waals surface area contributed by atoms with E-state index in [4.69, 9.17) is 0 Å². The van der Waals surface area contributed by atoms with Crippen LogP contribution in [0.25, 0.3) is 0 Å². The molecular weight excluding hydrogens is 254 g/mol. The Hall–Kier alpha value is -1.33. The Morgan fingerprint density at radius 1 is 1.25 bits per heavy atom. The van der Waals surface area contributed by atoms with Crippen LogP contribution in [0.5, 0.6) is 0 Å². The largest absolute Gasteiger partial charge is 0.391 e. The number of aliphatic hydroxyl groups excluding tert-OH is 1. The fourth-order valence-electron chi connectivity index (χ4n) is 3.45. The van der Waals surface area contributed by atoms with Gasteiger partial charge < -0.3 is 14.6 Å². The highest BCUT2D eigenvalue weighted by atomic mass is 16.3. The number of hydrogen-bond donors (Lipinski definition) is 1. The molecule has 0 aromatic carbocycles. The molecule has 0 unspecified atom stereocenters. The van der Waals surface area contributed by atoms with Crippen molar-refractivity contribution in [3.05, 3.63) is 24.0 Å².